The fourth-order valence-electron chi connectivity index (χ4n) is 3.41. The smallest absolute Gasteiger partial charge is 0.225 e. The van der Waals surface area contributed by atoms with Crippen molar-refractivity contribution in [2.75, 3.05) is 26.0 Å². The molecule has 4 rings (SSSR count). The highest BCUT2D eigenvalue weighted by molar-refractivity contribution is 6.10. The molecule has 1 aliphatic heterocycles. The van der Waals surface area contributed by atoms with E-state index in [2.05, 4.69) is 50.6 Å². The Bertz CT molecular complexity index is 874. The zero-order valence-corrected chi connectivity index (χ0v) is 14.7. The van der Waals surface area contributed by atoms with Crippen molar-refractivity contribution in [1.29, 1.82) is 0 Å². The largest absolute Gasteiger partial charge is 0.378 e. The summed E-state index contributed by atoms with van der Waals surface area (Å²) >= 11 is 0. The predicted octanol–water partition coefficient (Wildman–Crippen LogP) is 2.91. The Labute approximate surface area is 147 Å². The molecule has 2 aromatic rings. The van der Waals surface area contributed by atoms with Gasteiger partial charge in [-0.1, -0.05) is 12.1 Å². The lowest BCUT2D eigenvalue weighted by atomic mass is 9.90. The maximum atomic E-state index is 12.8. The van der Waals surface area contributed by atoms with Crippen LogP contribution >= 0.6 is 0 Å². The predicted molar refractivity (Wildman–Crippen MR) is 100 cm³/mol. The first-order valence-corrected chi connectivity index (χ1v) is 8.42. The lowest BCUT2D eigenvalue weighted by Crippen LogP contribution is -2.31. The monoisotopic (exact) mass is 334 g/mol. The number of aromatic nitrogens is 1. The lowest BCUT2D eigenvalue weighted by molar-refractivity contribution is 0.101. The molecule has 0 saturated carbocycles. The van der Waals surface area contributed by atoms with E-state index in [1.165, 1.54) is 0 Å². The molecule has 25 heavy (non-hydrogen) atoms. The van der Waals surface area contributed by atoms with E-state index in [0.717, 1.165) is 22.4 Å². The maximum absolute atomic E-state index is 12.8. The SMILES string of the molecule is CN(C)c1ccc(CNC2=CC3c4c(c[nH]c4C2=O)C=CN3C)cc1. The Morgan fingerprint density at radius 3 is 2.72 bits per heavy atom. The second-order valence-electron chi connectivity index (χ2n) is 6.78. The van der Waals surface area contributed by atoms with E-state index in [1.807, 2.05) is 39.5 Å². The lowest BCUT2D eigenvalue weighted by Gasteiger charge is -2.32. The fraction of sp³-hybridized carbons (Fsp3) is 0.250. The summed E-state index contributed by atoms with van der Waals surface area (Å²) < 4.78 is 0. The van der Waals surface area contributed by atoms with Crippen molar-refractivity contribution in [2.24, 2.45) is 0 Å². The number of carbonyl (C=O) groups excluding carboxylic acids is 1. The number of benzene rings is 1. The van der Waals surface area contributed by atoms with Gasteiger partial charge in [0.15, 0.2) is 0 Å². The van der Waals surface area contributed by atoms with E-state index >= 15 is 0 Å². The average Bonchev–Trinajstić information content (AvgIpc) is 3.04. The molecule has 1 aromatic carbocycles. The van der Waals surface area contributed by atoms with E-state index < -0.39 is 0 Å². The Balaban J connectivity index is 1.55. The van der Waals surface area contributed by atoms with Crippen molar-refractivity contribution in [3.8, 4) is 0 Å². The minimum atomic E-state index is 0.0334. The van der Waals surface area contributed by atoms with Crippen LogP contribution in [0.15, 0.2) is 48.4 Å². The van der Waals surface area contributed by atoms with Crippen LogP contribution in [-0.2, 0) is 6.54 Å². The van der Waals surface area contributed by atoms with E-state index in [9.17, 15) is 4.79 Å². The molecule has 2 N–H and O–H groups in total. The van der Waals surface area contributed by atoms with E-state index in [0.29, 0.717) is 17.9 Å². The van der Waals surface area contributed by atoms with Gasteiger partial charge in [0, 0.05) is 51.3 Å². The van der Waals surface area contributed by atoms with Gasteiger partial charge in [0.1, 0.15) is 0 Å². The summed E-state index contributed by atoms with van der Waals surface area (Å²) in [4.78, 5) is 20.1. The number of hydrogen-bond donors (Lipinski definition) is 2. The Morgan fingerprint density at radius 2 is 2.00 bits per heavy atom. The molecule has 1 unspecified atom stereocenters. The number of anilines is 1. The first kappa shape index (κ1) is 15.6. The fourth-order valence-corrected chi connectivity index (χ4v) is 3.41. The summed E-state index contributed by atoms with van der Waals surface area (Å²) in [5.74, 6) is 0.0334. The highest BCUT2D eigenvalue weighted by Crippen LogP contribution is 2.37. The van der Waals surface area contributed by atoms with Crippen molar-refractivity contribution in [1.82, 2.24) is 15.2 Å². The van der Waals surface area contributed by atoms with Gasteiger partial charge in [0.2, 0.25) is 5.78 Å². The number of rotatable bonds is 4. The number of nitrogens with one attached hydrogen (secondary N) is 2. The van der Waals surface area contributed by atoms with Crippen LogP contribution in [0.5, 0.6) is 0 Å². The molecular formula is C20H22N4O. The van der Waals surface area contributed by atoms with Gasteiger partial charge < -0.3 is 20.1 Å². The number of Topliss-reactive ketones (excluding diaryl/α,β-unsaturated/α-hetero) is 1. The standard InChI is InChI=1S/C20H22N4O/c1-23(2)15-6-4-13(5-7-15)11-21-16-10-17-18-14(8-9-24(17)3)12-22-19(18)20(16)25/h4-10,12,17,21-22H,11H2,1-3H3. The van der Waals surface area contributed by atoms with Gasteiger partial charge in [-0.05, 0) is 35.4 Å². The number of aromatic amines is 1. The zero-order valence-electron chi connectivity index (χ0n) is 14.7. The van der Waals surface area contributed by atoms with Gasteiger partial charge >= 0.3 is 0 Å². The first-order valence-electron chi connectivity index (χ1n) is 8.42. The molecule has 0 radical (unpaired) electrons. The van der Waals surface area contributed by atoms with Crippen LogP contribution in [0.2, 0.25) is 0 Å². The Kier molecular flexibility index (Phi) is 3.64. The number of H-pyrrole nitrogens is 1. The summed E-state index contributed by atoms with van der Waals surface area (Å²) in [5.41, 5.74) is 5.84. The number of ketones is 1. The van der Waals surface area contributed by atoms with Crippen LogP contribution < -0.4 is 10.2 Å². The second-order valence-corrected chi connectivity index (χ2v) is 6.78. The summed E-state index contributed by atoms with van der Waals surface area (Å²) in [5, 5.41) is 3.32. The summed E-state index contributed by atoms with van der Waals surface area (Å²) in [6.45, 7) is 0.625. The minimum Gasteiger partial charge on any atom is -0.378 e. The summed E-state index contributed by atoms with van der Waals surface area (Å²) in [7, 11) is 6.08. The van der Waals surface area contributed by atoms with Gasteiger partial charge in [0.25, 0.3) is 0 Å². The van der Waals surface area contributed by atoms with Crippen molar-refractivity contribution in [3.05, 3.63) is 70.8 Å². The third-order valence-electron chi connectivity index (χ3n) is 4.91. The third-order valence-corrected chi connectivity index (χ3v) is 4.91. The molecule has 5 heteroatoms. The normalized spacial score (nSPS) is 18.0. The number of allylic oxidation sites excluding steroid dienone is 1. The zero-order chi connectivity index (χ0) is 17.6. The van der Waals surface area contributed by atoms with E-state index in [-0.39, 0.29) is 11.8 Å². The first-order chi connectivity index (χ1) is 12.0. The molecule has 2 heterocycles. The van der Waals surface area contributed by atoms with Gasteiger partial charge in [-0.15, -0.1) is 0 Å². The van der Waals surface area contributed by atoms with Gasteiger partial charge in [-0.25, -0.2) is 0 Å². The minimum absolute atomic E-state index is 0.0334. The molecule has 1 aromatic heterocycles. The average molecular weight is 334 g/mol. The van der Waals surface area contributed by atoms with E-state index in [1.54, 1.807) is 0 Å². The number of carbonyl (C=O) groups is 1. The summed E-state index contributed by atoms with van der Waals surface area (Å²) in [6, 6.07) is 8.44. The number of hydrogen-bond acceptors (Lipinski definition) is 4. The maximum Gasteiger partial charge on any atom is 0.225 e. The topological polar surface area (TPSA) is 51.4 Å². The van der Waals surface area contributed by atoms with Gasteiger partial charge in [-0.2, -0.15) is 0 Å². The quantitative estimate of drug-likeness (QED) is 0.903. The molecule has 128 valence electrons. The Hall–Kier alpha value is -2.95. The molecule has 1 aliphatic carbocycles. The van der Waals surface area contributed by atoms with Crippen LogP contribution in [-0.4, -0.2) is 36.8 Å². The van der Waals surface area contributed by atoms with Crippen molar-refractivity contribution in [2.45, 2.75) is 12.6 Å². The Morgan fingerprint density at radius 1 is 1.24 bits per heavy atom. The number of likely N-dealkylation sites (N-methyl/N-ethyl adjacent to an activating group) is 1. The number of nitrogens with zero attached hydrogens (tertiary/aromatic N) is 2. The van der Waals surface area contributed by atoms with E-state index in [4.69, 9.17) is 0 Å². The van der Waals surface area contributed by atoms with Crippen LogP contribution in [0.25, 0.3) is 6.08 Å². The van der Waals surface area contributed by atoms with Crippen molar-refractivity contribution >= 4 is 17.5 Å². The van der Waals surface area contributed by atoms with Gasteiger partial charge in [0.05, 0.1) is 17.4 Å². The highest BCUT2D eigenvalue weighted by Gasteiger charge is 2.33. The van der Waals surface area contributed by atoms with Crippen molar-refractivity contribution < 1.29 is 4.79 Å². The summed E-state index contributed by atoms with van der Waals surface area (Å²) in [6.07, 6.45) is 8.03. The molecule has 0 bridgehead atoms. The van der Waals surface area contributed by atoms with Crippen molar-refractivity contribution in [3.63, 3.8) is 0 Å². The highest BCUT2D eigenvalue weighted by atomic mass is 16.1. The molecule has 0 spiro atoms. The van der Waals surface area contributed by atoms with Crippen LogP contribution in [0.4, 0.5) is 5.69 Å². The molecule has 2 aliphatic rings. The second kappa shape index (κ2) is 5.84. The van der Waals surface area contributed by atoms with Crippen LogP contribution in [0.3, 0.4) is 0 Å². The molecule has 0 saturated heterocycles. The molecule has 5 nitrogen and oxygen atoms in total. The molecule has 0 amide bonds. The van der Waals surface area contributed by atoms with Crippen LogP contribution in [0.1, 0.15) is 33.2 Å². The van der Waals surface area contributed by atoms with Crippen LogP contribution in [0, 0.1) is 0 Å². The third kappa shape index (κ3) is 2.61. The van der Waals surface area contributed by atoms with Gasteiger partial charge in [-0.3, -0.25) is 4.79 Å². The molecular weight excluding hydrogens is 312 g/mol. The molecule has 1 atom stereocenters. The molecule has 0 fully saturated rings.